The Morgan fingerprint density at radius 2 is 1.92 bits per heavy atom. The Morgan fingerprint density at radius 3 is 2.58 bits per heavy atom. The fourth-order valence-electron chi connectivity index (χ4n) is 4.71. The fourth-order valence-corrected chi connectivity index (χ4v) is 4.71. The van der Waals surface area contributed by atoms with Gasteiger partial charge >= 0.3 is 0 Å². The summed E-state index contributed by atoms with van der Waals surface area (Å²) in [5.74, 6) is 1.48. The highest BCUT2D eigenvalue weighted by atomic mass is 16.5. The quantitative estimate of drug-likeness (QED) is 0.773. The van der Waals surface area contributed by atoms with Gasteiger partial charge in [0.15, 0.2) is 5.76 Å². The number of hydrogen-bond acceptors (Lipinski definition) is 6. The maximum absolute atomic E-state index is 9.32. The standard InChI is InChI=1S/C20H33N3O3/c24-13-16-4-6-17(7-5-16)21-20(14-25-15-20)11-18-10-19(26-22-18)12-23-8-2-1-3-9-23/h10,16-17,21,24H,1-9,11-15H2. The zero-order chi connectivity index (χ0) is 17.8. The molecular weight excluding hydrogens is 330 g/mol. The van der Waals surface area contributed by atoms with Crippen molar-refractivity contribution in [3.05, 3.63) is 17.5 Å². The molecule has 26 heavy (non-hydrogen) atoms. The predicted octanol–water partition coefficient (Wildman–Crippen LogP) is 2.11. The van der Waals surface area contributed by atoms with Crippen LogP contribution in [0.2, 0.25) is 0 Å². The predicted molar refractivity (Wildman–Crippen MR) is 98.9 cm³/mol. The van der Waals surface area contributed by atoms with E-state index in [1.165, 1.54) is 32.4 Å². The minimum absolute atomic E-state index is 0.00991. The summed E-state index contributed by atoms with van der Waals surface area (Å²) in [6, 6.07) is 2.67. The van der Waals surface area contributed by atoms with E-state index in [2.05, 4.69) is 21.4 Å². The first-order chi connectivity index (χ1) is 12.7. The maximum Gasteiger partial charge on any atom is 0.150 e. The third-order valence-electron chi connectivity index (χ3n) is 6.33. The van der Waals surface area contributed by atoms with Crippen LogP contribution in [0, 0.1) is 5.92 Å². The summed E-state index contributed by atoms with van der Waals surface area (Å²) in [5.41, 5.74) is 1.05. The van der Waals surface area contributed by atoms with Crippen LogP contribution in [0.4, 0.5) is 0 Å². The van der Waals surface area contributed by atoms with Crippen molar-refractivity contribution in [2.75, 3.05) is 32.9 Å². The Labute approximate surface area is 156 Å². The second-order valence-corrected chi connectivity index (χ2v) is 8.62. The van der Waals surface area contributed by atoms with E-state index in [4.69, 9.17) is 9.26 Å². The van der Waals surface area contributed by atoms with Crippen molar-refractivity contribution in [1.29, 1.82) is 0 Å². The average molecular weight is 364 g/mol. The molecule has 0 bridgehead atoms. The molecule has 3 heterocycles. The van der Waals surface area contributed by atoms with E-state index < -0.39 is 0 Å². The van der Waals surface area contributed by atoms with Crippen LogP contribution in [0.5, 0.6) is 0 Å². The van der Waals surface area contributed by atoms with Gasteiger partial charge in [-0.2, -0.15) is 0 Å². The number of aliphatic hydroxyl groups is 1. The molecule has 6 heteroatoms. The number of rotatable bonds is 7. The van der Waals surface area contributed by atoms with Crippen LogP contribution in [0.1, 0.15) is 56.4 Å². The van der Waals surface area contributed by atoms with Crippen molar-refractivity contribution >= 4 is 0 Å². The van der Waals surface area contributed by atoms with Gasteiger partial charge in [0.2, 0.25) is 0 Å². The van der Waals surface area contributed by atoms with Crippen molar-refractivity contribution in [2.24, 2.45) is 5.92 Å². The molecule has 1 aliphatic carbocycles. The molecule has 0 atom stereocenters. The molecule has 0 unspecified atom stereocenters. The molecule has 0 spiro atoms. The molecule has 6 nitrogen and oxygen atoms in total. The molecule has 2 aliphatic heterocycles. The van der Waals surface area contributed by atoms with E-state index in [-0.39, 0.29) is 5.54 Å². The Balaban J connectivity index is 1.30. The van der Waals surface area contributed by atoms with Gasteiger partial charge in [0.05, 0.1) is 31.0 Å². The molecule has 146 valence electrons. The number of aliphatic hydroxyl groups excluding tert-OH is 1. The number of nitrogens with one attached hydrogen (secondary N) is 1. The van der Waals surface area contributed by atoms with Crippen LogP contribution in [-0.2, 0) is 17.7 Å². The van der Waals surface area contributed by atoms with Crippen molar-refractivity contribution in [3.63, 3.8) is 0 Å². The summed E-state index contributed by atoms with van der Waals surface area (Å²) in [6.45, 7) is 5.06. The SMILES string of the molecule is OCC1CCC(NC2(Cc3cc(CN4CCCCC4)on3)COC2)CC1. The Bertz CT molecular complexity index is 558. The molecular formula is C20H33N3O3. The zero-order valence-corrected chi connectivity index (χ0v) is 15.8. The van der Waals surface area contributed by atoms with E-state index in [1.54, 1.807) is 0 Å². The maximum atomic E-state index is 9.32. The minimum Gasteiger partial charge on any atom is -0.396 e. The van der Waals surface area contributed by atoms with Gasteiger partial charge in [0.25, 0.3) is 0 Å². The Kier molecular flexibility index (Phi) is 5.93. The topological polar surface area (TPSA) is 70.8 Å². The first kappa shape index (κ1) is 18.4. The minimum atomic E-state index is 0.00991. The summed E-state index contributed by atoms with van der Waals surface area (Å²) in [7, 11) is 0. The Hall–Kier alpha value is -0.950. The van der Waals surface area contributed by atoms with Gasteiger partial charge in [-0.25, -0.2) is 0 Å². The van der Waals surface area contributed by atoms with E-state index in [9.17, 15) is 5.11 Å². The second kappa shape index (κ2) is 8.38. The molecule has 2 N–H and O–H groups in total. The van der Waals surface area contributed by atoms with Crippen molar-refractivity contribution in [2.45, 2.75) is 69.5 Å². The van der Waals surface area contributed by atoms with Gasteiger partial charge in [0.1, 0.15) is 0 Å². The molecule has 1 saturated carbocycles. The van der Waals surface area contributed by atoms with Crippen LogP contribution in [0.3, 0.4) is 0 Å². The van der Waals surface area contributed by atoms with Crippen LogP contribution >= 0.6 is 0 Å². The molecule has 0 aromatic carbocycles. The van der Waals surface area contributed by atoms with E-state index in [1.807, 2.05) is 0 Å². The van der Waals surface area contributed by atoms with E-state index in [0.717, 1.165) is 63.3 Å². The van der Waals surface area contributed by atoms with Crippen LogP contribution in [0.25, 0.3) is 0 Å². The molecule has 3 aliphatic rings. The largest absolute Gasteiger partial charge is 0.396 e. The number of ether oxygens (including phenoxy) is 1. The molecule has 1 aromatic rings. The highest BCUT2D eigenvalue weighted by Crippen LogP contribution is 2.29. The molecule has 4 rings (SSSR count). The molecule has 0 amide bonds. The lowest BCUT2D eigenvalue weighted by molar-refractivity contribution is -0.0823. The average Bonchev–Trinajstić information content (AvgIpc) is 3.08. The number of aromatic nitrogens is 1. The van der Waals surface area contributed by atoms with Crippen LogP contribution in [0.15, 0.2) is 10.6 Å². The van der Waals surface area contributed by atoms with Gasteiger partial charge in [-0.05, 0) is 57.5 Å². The summed E-state index contributed by atoms with van der Waals surface area (Å²) < 4.78 is 11.2. The number of hydrogen-bond donors (Lipinski definition) is 2. The normalized spacial score (nSPS) is 29.4. The monoisotopic (exact) mass is 363 g/mol. The molecule has 1 aromatic heterocycles. The first-order valence-electron chi connectivity index (χ1n) is 10.4. The van der Waals surface area contributed by atoms with E-state index in [0.29, 0.717) is 18.6 Å². The van der Waals surface area contributed by atoms with Gasteiger partial charge in [-0.15, -0.1) is 0 Å². The lowest BCUT2D eigenvalue weighted by atomic mass is 9.83. The zero-order valence-electron chi connectivity index (χ0n) is 15.8. The summed E-state index contributed by atoms with van der Waals surface area (Å²) in [4.78, 5) is 2.47. The summed E-state index contributed by atoms with van der Waals surface area (Å²) in [6.07, 6.45) is 9.35. The fraction of sp³-hybridized carbons (Fsp3) is 0.850. The van der Waals surface area contributed by atoms with Gasteiger partial charge in [-0.1, -0.05) is 11.6 Å². The van der Waals surface area contributed by atoms with Crippen LogP contribution in [-0.4, -0.2) is 59.7 Å². The number of likely N-dealkylation sites (tertiary alicyclic amines) is 1. The molecule has 0 radical (unpaired) electrons. The van der Waals surface area contributed by atoms with Crippen LogP contribution < -0.4 is 5.32 Å². The Morgan fingerprint density at radius 1 is 1.15 bits per heavy atom. The lowest BCUT2D eigenvalue weighted by Crippen LogP contribution is -2.64. The molecule has 2 saturated heterocycles. The van der Waals surface area contributed by atoms with Gasteiger partial charge in [-0.3, -0.25) is 4.90 Å². The first-order valence-corrected chi connectivity index (χ1v) is 10.4. The van der Waals surface area contributed by atoms with Gasteiger partial charge < -0.3 is 19.7 Å². The number of piperidine rings is 1. The summed E-state index contributed by atoms with van der Waals surface area (Å²) >= 11 is 0. The van der Waals surface area contributed by atoms with Crippen molar-refractivity contribution in [3.8, 4) is 0 Å². The number of nitrogens with zero attached hydrogens (tertiary/aromatic N) is 2. The third kappa shape index (κ3) is 4.47. The lowest BCUT2D eigenvalue weighted by Gasteiger charge is -2.45. The van der Waals surface area contributed by atoms with E-state index >= 15 is 0 Å². The summed E-state index contributed by atoms with van der Waals surface area (Å²) in [5, 5.41) is 17.5. The second-order valence-electron chi connectivity index (χ2n) is 8.62. The highest BCUT2D eigenvalue weighted by Gasteiger charge is 2.41. The third-order valence-corrected chi connectivity index (χ3v) is 6.33. The smallest absolute Gasteiger partial charge is 0.150 e. The van der Waals surface area contributed by atoms with Crippen molar-refractivity contribution in [1.82, 2.24) is 15.4 Å². The highest BCUT2D eigenvalue weighted by molar-refractivity contribution is 5.13. The molecule has 3 fully saturated rings. The van der Waals surface area contributed by atoms with Crippen molar-refractivity contribution < 1.29 is 14.4 Å². The van der Waals surface area contributed by atoms with Gasteiger partial charge in [0, 0.05) is 25.1 Å².